The summed E-state index contributed by atoms with van der Waals surface area (Å²) in [5.41, 5.74) is 7.85. The second-order valence-electron chi connectivity index (χ2n) is 7.82. The Bertz CT molecular complexity index is 888. The Balaban J connectivity index is 1.91. The minimum absolute atomic E-state index is 0.249. The molecule has 0 saturated heterocycles. The smallest absolute Gasteiger partial charge is 0.256 e. The first-order valence-electron chi connectivity index (χ1n) is 9.24. The SMILES string of the molecule is CCC(C)(C)[C@H]1CCc2c(sc(NC(=O)c3cccc(Cl)c3)c2C(N)=O)C1. The predicted octanol–water partition coefficient (Wildman–Crippen LogP) is 5.29. The van der Waals surface area contributed by atoms with Gasteiger partial charge in [0, 0.05) is 15.5 Å². The Labute approximate surface area is 169 Å². The van der Waals surface area contributed by atoms with Crippen LogP contribution in [0.4, 0.5) is 5.00 Å². The lowest BCUT2D eigenvalue weighted by molar-refractivity contribution is 0.0999. The molecule has 1 atom stereocenters. The molecular weight excluding hydrogens is 380 g/mol. The summed E-state index contributed by atoms with van der Waals surface area (Å²) in [7, 11) is 0. The Morgan fingerprint density at radius 2 is 2.11 bits per heavy atom. The molecule has 3 rings (SSSR count). The van der Waals surface area contributed by atoms with Crippen molar-refractivity contribution in [3.05, 3.63) is 50.9 Å². The van der Waals surface area contributed by atoms with Crippen LogP contribution in [0.1, 0.15) is 64.8 Å². The lowest BCUT2D eigenvalue weighted by Crippen LogP contribution is -2.29. The van der Waals surface area contributed by atoms with E-state index in [1.54, 1.807) is 24.3 Å². The summed E-state index contributed by atoms with van der Waals surface area (Å²) in [5, 5.41) is 3.92. The first kappa shape index (κ1) is 19.9. The van der Waals surface area contributed by atoms with Gasteiger partial charge in [-0.15, -0.1) is 11.3 Å². The van der Waals surface area contributed by atoms with Crippen molar-refractivity contribution in [3.8, 4) is 0 Å². The number of benzene rings is 1. The van der Waals surface area contributed by atoms with Crippen LogP contribution in [0.15, 0.2) is 24.3 Å². The third-order valence-corrected chi connectivity index (χ3v) is 7.25. The molecular formula is C21H25ClN2O2S. The predicted molar refractivity (Wildman–Crippen MR) is 112 cm³/mol. The number of carbonyl (C=O) groups is 2. The molecule has 0 radical (unpaired) electrons. The third kappa shape index (κ3) is 4.04. The number of nitrogens with two attached hydrogens (primary N) is 1. The van der Waals surface area contributed by atoms with E-state index in [2.05, 4.69) is 26.1 Å². The highest BCUT2D eigenvalue weighted by molar-refractivity contribution is 7.17. The van der Waals surface area contributed by atoms with E-state index in [0.717, 1.165) is 31.2 Å². The summed E-state index contributed by atoms with van der Waals surface area (Å²) in [6.45, 7) is 6.82. The molecule has 1 aliphatic rings. The van der Waals surface area contributed by atoms with Crippen molar-refractivity contribution in [1.82, 2.24) is 0 Å². The molecule has 0 fully saturated rings. The van der Waals surface area contributed by atoms with Crippen molar-refractivity contribution in [1.29, 1.82) is 0 Å². The van der Waals surface area contributed by atoms with Gasteiger partial charge < -0.3 is 11.1 Å². The highest BCUT2D eigenvalue weighted by Gasteiger charge is 2.35. The van der Waals surface area contributed by atoms with E-state index in [9.17, 15) is 9.59 Å². The summed E-state index contributed by atoms with van der Waals surface area (Å²) in [6, 6.07) is 6.74. The van der Waals surface area contributed by atoms with E-state index < -0.39 is 5.91 Å². The third-order valence-electron chi connectivity index (χ3n) is 5.84. The van der Waals surface area contributed by atoms with Gasteiger partial charge in [0.25, 0.3) is 11.8 Å². The Kier molecular flexibility index (Phi) is 5.63. The molecule has 3 N–H and O–H groups in total. The van der Waals surface area contributed by atoms with Crippen LogP contribution >= 0.6 is 22.9 Å². The monoisotopic (exact) mass is 404 g/mol. The molecule has 1 aromatic carbocycles. The molecule has 0 spiro atoms. The van der Waals surface area contributed by atoms with Crippen molar-refractivity contribution < 1.29 is 9.59 Å². The summed E-state index contributed by atoms with van der Waals surface area (Å²) in [6.07, 6.45) is 3.89. The van der Waals surface area contributed by atoms with E-state index in [1.165, 1.54) is 16.2 Å². The topological polar surface area (TPSA) is 72.2 Å². The molecule has 0 bridgehead atoms. The van der Waals surface area contributed by atoms with Gasteiger partial charge >= 0.3 is 0 Å². The maximum atomic E-state index is 12.6. The van der Waals surface area contributed by atoms with Crippen molar-refractivity contribution in [2.75, 3.05) is 5.32 Å². The van der Waals surface area contributed by atoms with E-state index in [4.69, 9.17) is 17.3 Å². The lowest BCUT2D eigenvalue weighted by Gasteiger charge is -2.36. The van der Waals surface area contributed by atoms with Gasteiger partial charge in [-0.05, 0) is 54.4 Å². The van der Waals surface area contributed by atoms with Crippen molar-refractivity contribution >= 4 is 39.8 Å². The van der Waals surface area contributed by atoms with Crippen LogP contribution in [0.25, 0.3) is 0 Å². The highest BCUT2D eigenvalue weighted by atomic mass is 35.5. The zero-order valence-corrected chi connectivity index (χ0v) is 17.5. The number of hydrogen-bond acceptors (Lipinski definition) is 3. The van der Waals surface area contributed by atoms with Gasteiger partial charge in [-0.3, -0.25) is 9.59 Å². The minimum atomic E-state index is -0.484. The Hall–Kier alpha value is -1.85. The van der Waals surface area contributed by atoms with Gasteiger partial charge in [-0.1, -0.05) is 44.9 Å². The number of nitrogens with one attached hydrogen (secondary N) is 1. The van der Waals surface area contributed by atoms with Crippen LogP contribution < -0.4 is 11.1 Å². The van der Waals surface area contributed by atoms with Crippen molar-refractivity contribution in [2.24, 2.45) is 17.1 Å². The van der Waals surface area contributed by atoms with Crippen molar-refractivity contribution in [3.63, 3.8) is 0 Å². The van der Waals surface area contributed by atoms with E-state index in [-0.39, 0.29) is 11.3 Å². The van der Waals surface area contributed by atoms with Crippen LogP contribution in [0.2, 0.25) is 5.02 Å². The minimum Gasteiger partial charge on any atom is -0.365 e. The average Bonchev–Trinajstić information content (AvgIpc) is 2.98. The molecule has 27 heavy (non-hydrogen) atoms. The quantitative estimate of drug-likeness (QED) is 0.710. The van der Waals surface area contributed by atoms with Crippen LogP contribution in [0.5, 0.6) is 0 Å². The van der Waals surface area contributed by atoms with Crippen LogP contribution in [0, 0.1) is 11.3 Å². The molecule has 4 nitrogen and oxygen atoms in total. The number of rotatable bonds is 5. The van der Waals surface area contributed by atoms with Crippen LogP contribution in [-0.2, 0) is 12.8 Å². The maximum absolute atomic E-state index is 12.6. The second-order valence-corrected chi connectivity index (χ2v) is 9.36. The van der Waals surface area contributed by atoms with E-state index in [0.29, 0.717) is 27.1 Å². The first-order chi connectivity index (χ1) is 12.7. The van der Waals surface area contributed by atoms with Gasteiger partial charge in [-0.2, -0.15) is 0 Å². The Morgan fingerprint density at radius 3 is 2.74 bits per heavy atom. The number of hydrogen-bond donors (Lipinski definition) is 2. The zero-order valence-electron chi connectivity index (χ0n) is 15.9. The molecule has 0 saturated carbocycles. The molecule has 2 amide bonds. The van der Waals surface area contributed by atoms with Crippen molar-refractivity contribution in [2.45, 2.75) is 46.5 Å². The molecule has 1 heterocycles. The number of thiophene rings is 1. The fourth-order valence-corrected chi connectivity index (χ4v) is 5.21. The number of primary amides is 1. The lowest BCUT2D eigenvalue weighted by atomic mass is 9.69. The van der Waals surface area contributed by atoms with E-state index >= 15 is 0 Å². The molecule has 0 unspecified atom stereocenters. The number of carbonyl (C=O) groups excluding carboxylic acids is 2. The van der Waals surface area contributed by atoms with E-state index in [1.807, 2.05) is 0 Å². The number of amides is 2. The first-order valence-corrected chi connectivity index (χ1v) is 10.4. The summed E-state index contributed by atoms with van der Waals surface area (Å²) in [5.74, 6) is -0.211. The molecule has 144 valence electrons. The molecule has 1 aliphatic carbocycles. The highest BCUT2D eigenvalue weighted by Crippen LogP contribution is 2.45. The van der Waals surface area contributed by atoms with Gasteiger partial charge in [0.1, 0.15) is 5.00 Å². The standard InChI is InChI=1S/C21H25ClN2O2S/c1-4-21(2,3)13-8-9-15-16(11-13)27-20(17(15)18(23)25)24-19(26)12-6-5-7-14(22)10-12/h5-7,10,13H,4,8-9,11H2,1-3H3,(H2,23,25)(H,24,26)/t13-/m0/s1. The molecule has 2 aromatic rings. The fourth-order valence-electron chi connectivity index (χ4n) is 3.70. The summed E-state index contributed by atoms with van der Waals surface area (Å²) < 4.78 is 0. The number of fused-ring (bicyclic) bond motifs is 1. The Morgan fingerprint density at radius 1 is 1.37 bits per heavy atom. The second kappa shape index (κ2) is 7.64. The maximum Gasteiger partial charge on any atom is 0.256 e. The number of anilines is 1. The number of halogens is 1. The largest absolute Gasteiger partial charge is 0.365 e. The zero-order chi connectivity index (χ0) is 19.8. The fraction of sp³-hybridized carbons (Fsp3) is 0.429. The van der Waals surface area contributed by atoms with Gasteiger partial charge in [-0.25, -0.2) is 0 Å². The molecule has 1 aromatic heterocycles. The summed E-state index contributed by atoms with van der Waals surface area (Å²) >= 11 is 7.46. The van der Waals surface area contributed by atoms with Crippen LogP contribution in [-0.4, -0.2) is 11.8 Å². The normalized spacial score (nSPS) is 16.7. The van der Waals surface area contributed by atoms with Crippen LogP contribution in [0.3, 0.4) is 0 Å². The van der Waals surface area contributed by atoms with Gasteiger partial charge in [0.2, 0.25) is 0 Å². The summed E-state index contributed by atoms with van der Waals surface area (Å²) in [4.78, 5) is 25.9. The molecule has 0 aliphatic heterocycles. The molecule has 6 heteroatoms. The van der Waals surface area contributed by atoms with Gasteiger partial charge in [0.15, 0.2) is 0 Å². The van der Waals surface area contributed by atoms with Gasteiger partial charge in [0.05, 0.1) is 5.56 Å². The average molecular weight is 405 g/mol.